The average molecular weight is 659 g/mol. The number of primary amides is 1. The molecule has 0 aromatic heterocycles. The molecule has 0 bridgehead atoms. The van der Waals surface area contributed by atoms with Crippen LogP contribution in [-0.4, -0.2) is 54.1 Å². The number of carbonyl (C=O) groups is 3. The third-order valence-electron chi connectivity index (χ3n) is 9.50. The van der Waals surface area contributed by atoms with Crippen molar-refractivity contribution in [2.24, 2.45) is 5.73 Å². The first-order valence-electron chi connectivity index (χ1n) is 16.6. The number of rotatable bonds is 7. The predicted octanol–water partition coefficient (Wildman–Crippen LogP) is 6.72. The molecular weight excluding hydrogens is 616 g/mol. The molecule has 2 saturated heterocycles. The number of carbonyl (C=O) groups excluding carboxylic acids is 3. The van der Waals surface area contributed by atoms with Crippen LogP contribution in [0.4, 0.5) is 9.59 Å². The Labute approximate surface area is 287 Å². The molecular formula is C40H42N4O5. The number of nitrogens with two attached hydrogens (primary N) is 1. The van der Waals surface area contributed by atoms with Gasteiger partial charge in [0.1, 0.15) is 13.2 Å². The molecule has 0 atom stereocenters. The second-order valence-electron chi connectivity index (χ2n) is 12.4. The lowest BCUT2D eigenvalue weighted by atomic mass is 9.72. The third-order valence-corrected chi connectivity index (χ3v) is 9.50. The molecule has 9 nitrogen and oxygen atoms in total. The van der Waals surface area contributed by atoms with Gasteiger partial charge in [-0.25, -0.2) is 9.59 Å². The maximum atomic E-state index is 12.3. The Morgan fingerprint density at radius 1 is 0.592 bits per heavy atom. The summed E-state index contributed by atoms with van der Waals surface area (Å²) >= 11 is 0. The van der Waals surface area contributed by atoms with Crippen molar-refractivity contribution in [2.75, 3.05) is 26.2 Å². The van der Waals surface area contributed by atoms with Crippen LogP contribution in [0.2, 0.25) is 0 Å². The fourth-order valence-corrected chi connectivity index (χ4v) is 6.42. The Kier molecular flexibility index (Phi) is 11.7. The molecule has 2 fully saturated rings. The van der Waals surface area contributed by atoms with Crippen LogP contribution in [0.5, 0.6) is 0 Å². The Balaban J connectivity index is 0.000000191. The zero-order valence-electron chi connectivity index (χ0n) is 27.6. The molecule has 0 unspecified atom stereocenters. The maximum absolute atomic E-state index is 12.3. The van der Waals surface area contributed by atoms with Crippen LogP contribution in [0.1, 0.15) is 47.9 Å². The highest BCUT2D eigenvalue weighted by molar-refractivity contribution is 5.87. The van der Waals surface area contributed by atoms with Gasteiger partial charge in [-0.2, -0.15) is 5.26 Å². The molecule has 4 aromatic rings. The molecule has 4 aromatic carbocycles. The standard InChI is InChI=1S/C20H22N2O3.C20H20N2O2/c21-18(23)20(17-9-5-2-6-10-17)11-13-22(14-12-20)19(24)25-15-16-7-3-1-4-8-16;21-16-20(18-9-5-2-6-10-18)11-13-22(14-12-20)19(23)24-15-17-7-3-1-4-8-17/h1-10H,11-15H2,(H2,21,23);1-10H,11-15H2. The summed E-state index contributed by atoms with van der Waals surface area (Å²) < 4.78 is 10.8. The van der Waals surface area contributed by atoms with E-state index in [0.717, 1.165) is 22.3 Å². The molecule has 2 heterocycles. The fourth-order valence-electron chi connectivity index (χ4n) is 6.42. The van der Waals surface area contributed by atoms with E-state index in [2.05, 4.69) is 6.07 Å². The van der Waals surface area contributed by atoms with Crippen molar-refractivity contribution in [3.63, 3.8) is 0 Å². The van der Waals surface area contributed by atoms with E-state index in [1.54, 1.807) is 9.80 Å². The molecule has 252 valence electrons. The van der Waals surface area contributed by atoms with Gasteiger partial charge in [-0.3, -0.25) is 4.79 Å². The molecule has 3 amide bonds. The smallest absolute Gasteiger partial charge is 0.410 e. The largest absolute Gasteiger partial charge is 0.445 e. The van der Waals surface area contributed by atoms with Crippen LogP contribution in [0.3, 0.4) is 0 Å². The van der Waals surface area contributed by atoms with Gasteiger partial charge in [0.15, 0.2) is 0 Å². The Morgan fingerprint density at radius 3 is 1.35 bits per heavy atom. The van der Waals surface area contributed by atoms with Gasteiger partial charge in [0, 0.05) is 26.2 Å². The van der Waals surface area contributed by atoms with E-state index in [1.165, 1.54) is 0 Å². The van der Waals surface area contributed by atoms with Crippen molar-refractivity contribution in [2.45, 2.75) is 49.7 Å². The number of nitriles is 1. The predicted molar refractivity (Wildman–Crippen MR) is 186 cm³/mol. The van der Waals surface area contributed by atoms with Gasteiger partial charge in [-0.05, 0) is 47.9 Å². The minimum absolute atomic E-state index is 0.246. The van der Waals surface area contributed by atoms with Gasteiger partial charge in [0.05, 0.1) is 16.9 Å². The molecule has 0 radical (unpaired) electrons. The quantitative estimate of drug-likeness (QED) is 0.235. The first-order chi connectivity index (χ1) is 23.8. The van der Waals surface area contributed by atoms with Crippen LogP contribution in [0.25, 0.3) is 0 Å². The highest BCUT2D eigenvalue weighted by Crippen LogP contribution is 2.36. The number of amides is 3. The van der Waals surface area contributed by atoms with E-state index in [1.807, 2.05) is 121 Å². The van der Waals surface area contributed by atoms with Crippen molar-refractivity contribution in [1.29, 1.82) is 5.26 Å². The van der Waals surface area contributed by atoms with E-state index in [4.69, 9.17) is 15.2 Å². The van der Waals surface area contributed by atoms with Crippen LogP contribution < -0.4 is 5.73 Å². The zero-order valence-corrected chi connectivity index (χ0v) is 27.6. The first-order valence-corrected chi connectivity index (χ1v) is 16.6. The van der Waals surface area contributed by atoms with Gasteiger partial charge in [0.25, 0.3) is 0 Å². The summed E-state index contributed by atoms with van der Waals surface area (Å²) in [6.45, 7) is 2.50. The summed E-state index contributed by atoms with van der Waals surface area (Å²) in [6.07, 6.45) is 1.62. The number of hydrogen-bond donors (Lipinski definition) is 1. The van der Waals surface area contributed by atoms with Crippen molar-refractivity contribution >= 4 is 18.1 Å². The molecule has 9 heteroatoms. The second-order valence-corrected chi connectivity index (χ2v) is 12.4. The van der Waals surface area contributed by atoms with Crippen LogP contribution in [0, 0.1) is 11.3 Å². The van der Waals surface area contributed by atoms with E-state index in [0.29, 0.717) is 51.9 Å². The second kappa shape index (κ2) is 16.5. The Bertz CT molecular complexity index is 1700. The fraction of sp³-hybridized carbons (Fsp3) is 0.300. The minimum atomic E-state index is -0.711. The summed E-state index contributed by atoms with van der Waals surface area (Å²) in [5.41, 5.74) is 8.37. The summed E-state index contributed by atoms with van der Waals surface area (Å²) in [4.78, 5) is 40.0. The number of piperidine rings is 2. The lowest BCUT2D eigenvalue weighted by Gasteiger charge is -2.39. The molecule has 0 spiro atoms. The minimum Gasteiger partial charge on any atom is -0.445 e. The van der Waals surface area contributed by atoms with E-state index in [9.17, 15) is 19.6 Å². The van der Waals surface area contributed by atoms with Crippen LogP contribution in [0.15, 0.2) is 121 Å². The summed E-state index contributed by atoms with van der Waals surface area (Å²) in [6, 6.07) is 41.1. The van der Waals surface area contributed by atoms with Crippen molar-refractivity contribution in [3.05, 3.63) is 144 Å². The van der Waals surface area contributed by atoms with Crippen molar-refractivity contribution in [1.82, 2.24) is 9.80 Å². The van der Waals surface area contributed by atoms with Crippen molar-refractivity contribution < 1.29 is 23.9 Å². The number of benzene rings is 4. The molecule has 2 N–H and O–H groups in total. The maximum Gasteiger partial charge on any atom is 0.410 e. The summed E-state index contributed by atoms with van der Waals surface area (Å²) in [5, 5.41) is 9.69. The monoisotopic (exact) mass is 658 g/mol. The number of hydrogen-bond acceptors (Lipinski definition) is 6. The van der Waals surface area contributed by atoms with Gasteiger partial charge in [0.2, 0.25) is 5.91 Å². The highest BCUT2D eigenvalue weighted by Gasteiger charge is 2.42. The molecule has 2 aliphatic rings. The van der Waals surface area contributed by atoms with Gasteiger partial charge in [-0.15, -0.1) is 0 Å². The molecule has 6 rings (SSSR count). The molecule has 2 aliphatic heterocycles. The Morgan fingerprint density at radius 2 is 0.959 bits per heavy atom. The lowest BCUT2D eigenvalue weighted by Crippen LogP contribution is -2.51. The summed E-state index contributed by atoms with van der Waals surface area (Å²) in [5.74, 6) is -0.337. The normalized spacial score (nSPS) is 16.2. The van der Waals surface area contributed by atoms with E-state index < -0.39 is 10.8 Å². The zero-order chi connectivity index (χ0) is 34.5. The lowest BCUT2D eigenvalue weighted by molar-refractivity contribution is -0.125. The third kappa shape index (κ3) is 8.65. The van der Waals surface area contributed by atoms with Crippen LogP contribution >= 0.6 is 0 Å². The first kappa shape index (κ1) is 34.7. The van der Waals surface area contributed by atoms with Gasteiger partial charge in [-0.1, -0.05) is 121 Å². The van der Waals surface area contributed by atoms with Gasteiger partial charge < -0.3 is 25.0 Å². The SMILES string of the molecule is N#CC1(c2ccccc2)CCN(C(=O)OCc2ccccc2)CC1.NC(=O)C1(c2ccccc2)CCN(C(=O)OCc2ccccc2)CC1. The van der Waals surface area contributed by atoms with E-state index >= 15 is 0 Å². The molecule has 0 aliphatic carbocycles. The highest BCUT2D eigenvalue weighted by atomic mass is 16.6. The Hall–Kier alpha value is -5.62. The number of ether oxygens (including phenoxy) is 2. The van der Waals surface area contributed by atoms with E-state index in [-0.39, 0.29) is 31.3 Å². The number of likely N-dealkylation sites (tertiary alicyclic amines) is 2. The van der Waals surface area contributed by atoms with Crippen LogP contribution in [-0.2, 0) is 38.3 Å². The average Bonchev–Trinajstić information content (AvgIpc) is 3.17. The topological polar surface area (TPSA) is 126 Å². The molecule has 0 saturated carbocycles. The van der Waals surface area contributed by atoms with Gasteiger partial charge >= 0.3 is 12.2 Å². The van der Waals surface area contributed by atoms with Crippen molar-refractivity contribution in [3.8, 4) is 6.07 Å². The number of nitrogens with zero attached hydrogens (tertiary/aromatic N) is 3. The molecule has 49 heavy (non-hydrogen) atoms. The summed E-state index contributed by atoms with van der Waals surface area (Å²) in [7, 11) is 0.